The average Bonchev–Trinajstić information content (AvgIpc) is 2.98. The number of imide groups is 1. The van der Waals surface area contributed by atoms with Crippen molar-refractivity contribution in [1.82, 2.24) is 4.90 Å². The average molecular weight is 235 g/mol. The molecule has 2 fully saturated rings. The second-order valence-electron chi connectivity index (χ2n) is 5.29. The first-order valence-corrected chi connectivity index (χ1v) is 6.35. The van der Waals surface area contributed by atoms with E-state index in [0.717, 1.165) is 6.42 Å². The fraction of sp³-hybridized carbons (Fsp3) is 0.692. The fourth-order valence-corrected chi connectivity index (χ4v) is 3.68. The predicted octanol–water partition coefficient (Wildman–Crippen LogP) is 0.564. The summed E-state index contributed by atoms with van der Waals surface area (Å²) < 4.78 is 0. The third kappa shape index (κ3) is 1.27. The smallest absolute Gasteiger partial charge is 0.234 e. The number of hydrogen-bond acceptors (Lipinski definition) is 3. The molecule has 1 N–H and O–H groups in total. The van der Waals surface area contributed by atoms with E-state index in [1.165, 1.54) is 4.90 Å². The molecular weight excluding hydrogens is 218 g/mol. The van der Waals surface area contributed by atoms with Gasteiger partial charge in [-0.25, -0.2) is 0 Å². The van der Waals surface area contributed by atoms with Crippen molar-refractivity contribution >= 4 is 11.8 Å². The number of allylic oxidation sites excluding steroid dienone is 2. The van der Waals surface area contributed by atoms with E-state index < -0.39 is 0 Å². The number of hydrogen-bond donors (Lipinski definition) is 1. The van der Waals surface area contributed by atoms with Gasteiger partial charge in [-0.1, -0.05) is 19.1 Å². The van der Waals surface area contributed by atoms with E-state index >= 15 is 0 Å². The predicted molar refractivity (Wildman–Crippen MR) is 60.7 cm³/mol. The lowest BCUT2D eigenvalue weighted by atomic mass is 9.85. The van der Waals surface area contributed by atoms with Crippen LogP contribution in [0.25, 0.3) is 0 Å². The highest BCUT2D eigenvalue weighted by Gasteiger charge is 2.60. The van der Waals surface area contributed by atoms with Crippen molar-refractivity contribution < 1.29 is 14.7 Å². The van der Waals surface area contributed by atoms with Crippen molar-refractivity contribution in [3.05, 3.63) is 12.2 Å². The third-order valence-electron chi connectivity index (χ3n) is 4.55. The summed E-state index contributed by atoms with van der Waals surface area (Å²) in [5.74, 6) is 0.108. The van der Waals surface area contributed by atoms with E-state index in [1.54, 1.807) is 0 Å². The van der Waals surface area contributed by atoms with Gasteiger partial charge < -0.3 is 5.11 Å². The SMILES string of the molecule is CC[C@H](CO)N1C(=O)C2C3C=CC(C3)C2C1=O. The summed E-state index contributed by atoms with van der Waals surface area (Å²) in [7, 11) is 0. The zero-order valence-electron chi connectivity index (χ0n) is 9.87. The van der Waals surface area contributed by atoms with Gasteiger partial charge in [0.2, 0.25) is 11.8 Å². The Hall–Kier alpha value is -1.16. The minimum atomic E-state index is -0.333. The molecule has 0 spiro atoms. The molecule has 17 heavy (non-hydrogen) atoms. The van der Waals surface area contributed by atoms with Gasteiger partial charge in [0.25, 0.3) is 0 Å². The first-order valence-electron chi connectivity index (χ1n) is 6.35. The van der Waals surface area contributed by atoms with Crippen LogP contribution >= 0.6 is 0 Å². The monoisotopic (exact) mass is 235 g/mol. The Morgan fingerprint density at radius 2 is 1.82 bits per heavy atom. The molecule has 1 saturated heterocycles. The minimum absolute atomic E-state index is 0.0576. The van der Waals surface area contributed by atoms with Gasteiger partial charge in [-0.2, -0.15) is 0 Å². The van der Waals surface area contributed by atoms with Crippen LogP contribution in [-0.4, -0.2) is 34.5 Å². The topological polar surface area (TPSA) is 57.6 Å². The maximum atomic E-state index is 12.3. The molecule has 1 aliphatic heterocycles. The summed E-state index contributed by atoms with van der Waals surface area (Å²) in [5, 5.41) is 9.27. The quantitative estimate of drug-likeness (QED) is 0.574. The number of amides is 2. The van der Waals surface area contributed by atoms with Crippen LogP contribution in [-0.2, 0) is 9.59 Å². The van der Waals surface area contributed by atoms with Crippen molar-refractivity contribution in [2.24, 2.45) is 23.7 Å². The van der Waals surface area contributed by atoms with Crippen LogP contribution in [0, 0.1) is 23.7 Å². The highest BCUT2D eigenvalue weighted by Crippen LogP contribution is 2.52. The van der Waals surface area contributed by atoms with Crippen molar-refractivity contribution in [3.63, 3.8) is 0 Å². The van der Waals surface area contributed by atoms with E-state index in [4.69, 9.17) is 0 Å². The second kappa shape index (κ2) is 3.67. The molecule has 0 radical (unpaired) electrons. The summed E-state index contributed by atoms with van der Waals surface area (Å²) >= 11 is 0. The number of aliphatic hydroxyl groups excluding tert-OH is 1. The molecule has 0 aromatic carbocycles. The van der Waals surface area contributed by atoms with Gasteiger partial charge in [0, 0.05) is 0 Å². The summed E-state index contributed by atoms with van der Waals surface area (Å²) in [6.45, 7) is 1.76. The van der Waals surface area contributed by atoms with E-state index in [2.05, 4.69) is 12.2 Å². The Balaban J connectivity index is 1.92. The molecule has 0 aromatic heterocycles. The minimum Gasteiger partial charge on any atom is -0.394 e. The Bertz CT molecular complexity index is 369. The molecule has 4 nitrogen and oxygen atoms in total. The summed E-state index contributed by atoms with van der Waals surface area (Å²) in [6.07, 6.45) is 5.74. The zero-order valence-corrected chi connectivity index (χ0v) is 9.87. The number of carbonyl (C=O) groups is 2. The summed E-state index contributed by atoms with van der Waals surface area (Å²) in [6, 6.07) is -0.333. The van der Waals surface area contributed by atoms with Gasteiger partial charge in [0.05, 0.1) is 24.5 Å². The van der Waals surface area contributed by atoms with Crippen molar-refractivity contribution in [3.8, 4) is 0 Å². The zero-order chi connectivity index (χ0) is 12.2. The van der Waals surface area contributed by atoms with E-state index in [1.807, 2.05) is 6.92 Å². The molecule has 4 heteroatoms. The molecule has 3 rings (SSSR count). The van der Waals surface area contributed by atoms with Crippen molar-refractivity contribution in [2.75, 3.05) is 6.61 Å². The van der Waals surface area contributed by atoms with Gasteiger partial charge in [-0.3, -0.25) is 14.5 Å². The van der Waals surface area contributed by atoms with Gasteiger partial charge in [0.15, 0.2) is 0 Å². The lowest BCUT2D eigenvalue weighted by molar-refractivity contribution is -0.144. The number of fused-ring (bicyclic) bond motifs is 5. The Labute approximate surface area is 100 Å². The van der Waals surface area contributed by atoms with Crippen molar-refractivity contribution in [2.45, 2.75) is 25.8 Å². The van der Waals surface area contributed by atoms with Gasteiger partial charge in [-0.15, -0.1) is 0 Å². The molecule has 92 valence electrons. The molecule has 2 amide bonds. The van der Waals surface area contributed by atoms with Gasteiger partial charge >= 0.3 is 0 Å². The standard InChI is InChI=1S/C13H17NO3/c1-2-9(6-15)14-12(16)10-7-3-4-8(5-7)11(10)13(14)17/h3-4,7-11,15H,2,5-6H2,1H3/t7?,8?,9-,10?,11?/m1/s1. The fourth-order valence-electron chi connectivity index (χ4n) is 3.68. The number of nitrogens with zero attached hydrogens (tertiary/aromatic N) is 1. The van der Waals surface area contributed by atoms with Crippen LogP contribution in [0.2, 0.25) is 0 Å². The van der Waals surface area contributed by atoms with Crippen LogP contribution in [0.1, 0.15) is 19.8 Å². The molecule has 4 unspecified atom stereocenters. The number of rotatable bonds is 3. The number of likely N-dealkylation sites (tertiary alicyclic amines) is 1. The van der Waals surface area contributed by atoms with Crippen LogP contribution < -0.4 is 0 Å². The molecule has 2 bridgehead atoms. The second-order valence-corrected chi connectivity index (χ2v) is 5.29. The van der Waals surface area contributed by atoms with Crippen LogP contribution in [0.15, 0.2) is 12.2 Å². The first-order chi connectivity index (χ1) is 8.19. The lowest BCUT2D eigenvalue weighted by Crippen LogP contribution is -2.43. The molecule has 5 atom stereocenters. The molecule has 3 aliphatic rings. The number of aliphatic hydroxyl groups is 1. The molecule has 0 aromatic rings. The molecular formula is C13H17NO3. The van der Waals surface area contributed by atoms with Crippen molar-refractivity contribution in [1.29, 1.82) is 0 Å². The molecule has 1 saturated carbocycles. The Kier molecular flexibility index (Phi) is 2.36. The molecule has 1 heterocycles. The highest BCUT2D eigenvalue weighted by atomic mass is 16.3. The Morgan fingerprint density at radius 3 is 2.24 bits per heavy atom. The van der Waals surface area contributed by atoms with Crippen LogP contribution in [0.4, 0.5) is 0 Å². The van der Waals surface area contributed by atoms with Crippen LogP contribution in [0.3, 0.4) is 0 Å². The molecule has 2 aliphatic carbocycles. The summed E-state index contributed by atoms with van der Waals surface area (Å²) in [4.78, 5) is 25.9. The summed E-state index contributed by atoms with van der Waals surface area (Å²) in [5.41, 5.74) is 0. The van der Waals surface area contributed by atoms with E-state index in [9.17, 15) is 14.7 Å². The number of carbonyl (C=O) groups excluding carboxylic acids is 2. The normalized spacial score (nSPS) is 40.2. The third-order valence-corrected chi connectivity index (χ3v) is 4.55. The Morgan fingerprint density at radius 1 is 1.29 bits per heavy atom. The maximum Gasteiger partial charge on any atom is 0.234 e. The van der Waals surface area contributed by atoms with E-state index in [0.29, 0.717) is 6.42 Å². The highest BCUT2D eigenvalue weighted by molar-refractivity contribution is 6.06. The van der Waals surface area contributed by atoms with Crippen LogP contribution in [0.5, 0.6) is 0 Å². The first kappa shape index (κ1) is 11.0. The maximum absolute atomic E-state index is 12.3. The lowest BCUT2D eigenvalue weighted by Gasteiger charge is -2.25. The van der Waals surface area contributed by atoms with Gasteiger partial charge in [-0.05, 0) is 24.7 Å². The van der Waals surface area contributed by atoms with Gasteiger partial charge in [0.1, 0.15) is 0 Å². The largest absolute Gasteiger partial charge is 0.394 e. The van der Waals surface area contributed by atoms with E-state index in [-0.39, 0.29) is 48.1 Å².